The quantitative estimate of drug-likeness (QED) is 0.139. The highest BCUT2D eigenvalue weighted by molar-refractivity contribution is 5.85. The largest absolute Gasteiger partial charge is 0.458 e. The lowest BCUT2D eigenvalue weighted by atomic mass is 10.0. The molecule has 0 unspecified atom stereocenters. The van der Waals surface area contributed by atoms with Crippen LogP contribution in [0.2, 0.25) is 0 Å². The molecule has 0 amide bonds. The Kier molecular flexibility index (Phi) is 19.5. The fraction of sp³-hybridized carbons (Fsp3) is 0.400. The van der Waals surface area contributed by atoms with Crippen LogP contribution in [0, 0.1) is 0 Å². The van der Waals surface area contributed by atoms with Crippen molar-refractivity contribution < 1.29 is 57.2 Å². The van der Waals surface area contributed by atoms with Gasteiger partial charge in [-0.1, -0.05) is 36.5 Å². The lowest BCUT2D eigenvalue weighted by Gasteiger charge is -2.35. The summed E-state index contributed by atoms with van der Waals surface area (Å²) in [6.07, 6.45) is 7.92. The van der Waals surface area contributed by atoms with Gasteiger partial charge >= 0.3 is 35.8 Å². The normalized spacial score (nSPS) is 14.7. The van der Waals surface area contributed by atoms with E-state index in [-0.39, 0.29) is 0 Å². The average molecular weight is 591 g/mol. The molecule has 0 heterocycles. The Hall–Kier alpha value is -4.74. The van der Waals surface area contributed by atoms with Crippen molar-refractivity contribution in [2.24, 2.45) is 0 Å². The Bertz CT molecular complexity index is 1010. The second kappa shape index (κ2) is 22.0. The van der Waals surface area contributed by atoms with E-state index in [0.29, 0.717) is 0 Å². The van der Waals surface area contributed by atoms with E-state index in [0.717, 1.165) is 36.5 Å². The summed E-state index contributed by atoms with van der Waals surface area (Å²) >= 11 is 0. The predicted octanol–water partition coefficient (Wildman–Crippen LogP) is 3.18. The van der Waals surface area contributed by atoms with Gasteiger partial charge in [-0.2, -0.15) is 0 Å². The second-order valence-electron chi connectivity index (χ2n) is 8.01. The minimum Gasteiger partial charge on any atom is -0.458 e. The molecular formula is C30H38O12. The van der Waals surface area contributed by atoms with E-state index in [1.807, 2.05) is 0 Å². The maximum atomic E-state index is 12.7. The van der Waals surface area contributed by atoms with Gasteiger partial charge in [-0.3, -0.25) is 0 Å². The van der Waals surface area contributed by atoms with E-state index in [1.54, 1.807) is 27.7 Å². The van der Waals surface area contributed by atoms with Crippen molar-refractivity contribution in [3.05, 3.63) is 72.9 Å². The molecule has 0 fully saturated rings. The Morgan fingerprint density at radius 1 is 0.405 bits per heavy atom. The van der Waals surface area contributed by atoms with Crippen LogP contribution in [0.4, 0.5) is 0 Å². The molecule has 230 valence electrons. The van der Waals surface area contributed by atoms with Crippen LogP contribution in [0.3, 0.4) is 0 Å². The summed E-state index contributed by atoms with van der Waals surface area (Å²) < 4.78 is 32.3. The number of rotatable bonds is 17. The van der Waals surface area contributed by atoms with E-state index in [9.17, 15) is 28.8 Å². The Morgan fingerprint density at radius 2 is 0.643 bits per heavy atom. The molecule has 0 spiro atoms. The van der Waals surface area contributed by atoms with Gasteiger partial charge in [0.1, 0.15) is 13.2 Å². The number of carbonyl (C=O) groups excluding carboxylic acids is 6. The van der Waals surface area contributed by atoms with Gasteiger partial charge in [0.15, 0.2) is 24.4 Å². The van der Waals surface area contributed by atoms with E-state index in [1.165, 1.54) is 50.3 Å². The first-order valence-corrected chi connectivity index (χ1v) is 13.0. The lowest BCUT2D eigenvalue weighted by Crippen LogP contribution is -2.54. The summed E-state index contributed by atoms with van der Waals surface area (Å²) in [5.41, 5.74) is 0. The van der Waals surface area contributed by atoms with Crippen LogP contribution < -0.4 is 0 Å². The Morgan fingerprint density at radius 3 is 0.905 bits per heavy atom. The second-order valence-corrected chi connectivity index (χ2v) is 8.01. The molecule has 0 aromatic heterocycles. The smallest absolute Gasteiger partial charge is 0.330 e. The van der Waals surface area contributed by atoms with E-state index >= 15 is 0 Å². The molecule has 0 saturated carbocycles. The van der Waals surface area contributed by atoms with Crippen LogP contribution in [0.25, 0.3) is 0 Å². The molecule has 0 aromatic carbocycles. The first-order valence-electron chi connectivity index (χ1n) is 13.0. The lowest BCUT2D eigenvalue weighted by molar-refractivity contribution is -0.202. The molecule has 0 rings (SSSR count). The third-order valence-corrected chi connectivity index (χ3v) is 4.69. The fourth-order valence-electron chi connectivity index (χ4n) is 3.07. The summed E-state index contributed by atoms with van der Waals surface area (Å²) in [5.74, 6) is -5.41. The standard InChI is InChI=1S/C30H38O12/c1-7-13-23(31)37-19-21(39-25(33)15-9-3)29(41-27(35)17-11-5)30(42-28(36)18-12-6)22(40-26(34)16-10-4)20-38-24(32)14-8-2/h7-18,21-22,29-30H,19-20H2,1-6H3/t21-,22+,29-,30-/m1/s1. The van der Waals surface area contributed by atoms with Crippen LogP contribution in [0.15, 0.2) is 72.9 Å². The third kappa shape index (κ3) is 15.8. The molecule has 42 heavy (non-hydrogen) atoms. The summed E-state index contributed by atoms with van der Waals surface area (Å²) in [4.78, 5) is 74.6. The number of hydrogen-bond donors (Lipinski definition) is 0. The zero-order valence-electron chi connectivity index (χ0n) is 24.6. The molecule has 0 radical (unpaired) electrons. The average Bonchev–Trinajstić information content (AvgIpc) is 2.92. The highest BCUT2D eigenvalue weighted by Gasteiger charge is 2.45. The van der Waals surface area contributed by atoms with Crippen molar-refractivity contribution in [2.75, 3.05) is 13.2 Å². The zero-order chi connectivity index (χ0) is 31.9. The van der Waals surface area contributed by atoms with Crippen molar-refractivity contribution in [3.8, 4) is 0 Å². The SMILES string of the molecule is CC=CC(=O)OC[C@H](OC(=O)C=CC)[C@@H](OC(=O)C=CC)[C@H](OC(=O)C=CC)[C@@H](COC(=O)C=CC)OC(=O)C=CC. The van der Waals surface area contributed by atoms with Gasteiger partial charge in [0.05, 0.1) is 0 Å². The molecule has 0 saturated heterocycles. The van der Waals surface area contributed by atoms with E-state index in [4.69, 9.17) is 28.4 Å². The van der Waals surface area contributed by atoms with Gasteiger partial charge in [0, 0.05) is 36.5 Å². The van der Waals surface area contributed by atoms with Crippen molar-refractivity contribution in [1.82, 2.24) is 0 Å². The van der Waals surface area contributed by atoms with Gasteiger partial charge in [-0.15, -0.1) is 0 Å². The summed E-state index contributed by atoms with van der Waals surface area (Å²) in [7, 11) is 0. The van der Waals surface area contributed by atoms with Gasteiger partial charge in [-0.05, 0) is 41.5 Å². The van der Waals surface area contributed by atoms with Gasteiger partial charge < -0.3 is 28.4 Å². The summed E-state index contributed by atoms with van der Waals surface area (Å²) in [6, 6.07) is 0. The molecule has 4 atom stereocenters. The number of esters is 6. The van der Waals surface area contributed by atoms with Gasteiger partial charge in [0.25, 0.3) is 0 Å². The van der Waals surface area contributed by atoms with Gasteiger partial charge in [-0.25, -0.2) is 28.8 Å². The number of ether oxygens (including phenoxy) is 6. The Labute approximate surface area is 245 Å². The monoisotopic (exact) mass is 590 g/mol. The zero-order valence-corrected chi connectivity index (χ0v) is 24.6. The topological polar surface area (TPSA) is 158 Å². The first-order chi connectivity index (χ1) is 20.1. The van der Waals surface area contributed by atoms with Gasteiger partial charge in [0.2, 0.25) is 0 Å². The predicted molar refractivity (Wildman–Crippen MR) is 150 cm³/mol. The summed E-state index contributed by atoms with van der Waals surface area (Å²) in [6.45, 7) is 7.95. The summed E-state index contributed by atoms with van der Waals surface area (Å²) in [5, 5.41) is 0. The van der Waals surface area contributed by atoms with Crippen molar-refractivity contribution in [1.29, 1.82) is 0 Å². The number of carbonyl (C=O) groups is 6. The Balaban J connectivity index is 7.10. The molecular weight excluding hydrogens is 552 g/mol. The molecule has 0 aliphatic rings. The van der Waals surface area contributed by atoms with Crippen molar-refractivity contribution >= 4 is 35.8 Å². The minimum atomic E-state index is -1.75. The minimum absolute atomic E-state index is 0.675. The van der Waals surface area contributed by atoms with Crippen LogP contribution in [0.1, 0.15) is 41.5 Å². The maximum absolute atomic E-state index is 12.7. The fourth-order valence-corrected chi connectivity index (χ4v) is 3.07. The first kappa shape index (κ1) is 37.3. The highest BCUT2D eigenvalue weighted by Crippen LogP contribution is 2.21. The number of hydrogen-bond acceptors (Lipinski definition) is 12. The number of allylic oxidation sites excluding steroid dienone is 6. The van der Waals surface area contributed by atoms with Crippen LogP contribution in [0.5, 0.6) is 0 Å². The molecule has 0 bridgehead atoms. The van der Waals surface area contributed by atoms with Crippen LogP contribution in [-0.4, -0.2) is 73.4 Å². The molecule has 0 N–H and O–H groups in total. The molecule has 12 nitrogen and oxygen atoms in total. The molecule has 0 aliphatic heterocycles. The molecule has 0 aromatic rings. The highest BCUT2D eigenvalue weighted by atomic mass is 16.6. The van der Waals surface area contributed by atoms with Crippen LogP contribution in [-0.2, 0) is 57.2 Å². The van der Waals surface area contributed by atoms with Crippen LogP contribution >= 0.6 is 0 Å². The van der Waals surface area contributed by atoms with Crippen molar-refractivity contribution in [3.63, 3.8) is 0 Å². The third-order valence-electron chi connectivity index (χ3n) is 4.69. The van der Waals surface area contributed by atoms with E-state index < -0.39 is 73.4 Å². The molecule has 0 aliphatic carbocycles. The van der Waals surface area contributed by atoms with E-state index in [2.05, 4.69) is 0 Å². The molecule has 12 heteroatoms. The maximum Gasteiger partial charge on any atom is 0.330 e. The van der Waals surface area contributed by atoms with Crippen molar-refractivity contribution in [2.45, 2.75) is 66.0 Å².